The molecule has 0 bridgehead atoms. The number of ether oxygens (including phenoxy) is 1. The van der Waals surface area contributed by atoms with Crippen molar-refractivity contribution in [2.24, 2.45) is 0 Å². The lowest BCUT2D eigenvalue weighted by atomic mass is 10.3. The lowest BCUT2D eigenvalue weighted by Crippen LogP contribution is -1.97. The van der Waals surface area contributed by atoms with Gasteiger partial charge in [-0.25, -0.2) is 0 Å². The Kier molecular flexibility index (Phi) is 4.09. The maximum Gasteiger partial charge on any atom is 0.305 e. The first kappa shape index (κ1) is 13.7. The third-order valence-corrected chi connectivity index (χ3v) is 2.45. The number of nitro benzene ring substituents is 1. The highest BCUT2D eigenvalue weighted by Crippen LogP contribution is 2.27. The zero-order valence-corrected chi connectivity index (χ0v) is 10.7. The summed E-state index contributed by atoms with van der Waals surface area (Å²) < 4.78 is 18.9. The van der Waals surface area contributed by atoms with Crippen molar-refractivity contribution in [3.8, 4) is 11.5 Å². The molecule has 1 aromatic heterocycles. The molecular weight excluding hydrogens is 265 g/mol. The minimum atomic E-state index is -0.941. The highest BCUT2D eigenvalue weighted by molar-refractivity contribution is 5.47. The van der Waals surface area contributed by atoms with Crippen LogP contribution in [0.4, 0.5) is 15.8 Å². The first-order chi connectivity index (χ1) is 9.60. The van der Waals surface area contributed by atoms with Crippen LogP contribution in [0.2, 0.25) is 0 Å². The number of nitro groups is 1. The second kappa shape index (κ2) is 5.96. The van der Waals surface area contributed by atoms with Crippen LogP contribution in [-0.4, -0.2) is 16.5 Å². The van der Waals surface area contributed by atoms with E-state index >= 15 is 0 Å². The Hall–Kier alpha value is -2.70. The number of hydrogen-bond acceptors (Lipinski definition) is 5. The van der Waals surface area contributed by atoms with E-state index in [9.17, 15) is 14.5 Å². The third kappa shape index (κ3) is 3.19. The van der Waals surface area contributed by atoms with Gasteiger partial charge in [-0.15, -0.1) is 0 Å². The van der Waals surface area contributed by atoms with Crippen molar-refractivity contribution in [3.05, 3.63) is 52.6 Å². The fraction of sp³-hybridized carbons (Fsp3) is 0.154. The lowest BCUT2D eigenvalue weighted by molar-refractivity contribution is -0.387. The van der Waals surface area contributed by atoms with E-state index in [1.165, 1.54) is 12.3 Å². The van der Waals surface area contributed by atoms with Crippen LogP contribution in [0.5, 0.6) is 11.5 Å². The number of aromatic nitrogens is 1. The number of pyridine rings is 1. The first-order valence-electron chi connectivity index (χ1n) is 5.91. The van der Waals surface area contributed by atoms with Gasteiger partial charge in [-0.3, -0.25) is 15.1 Å². The lowest BCUT2D eigenvalue weighted by Gasteiger charge is -2.08. The summed E-state index contributed by atoms with van der Waals surface area (Å²) in [5.41, 5.74) is 0.184. The number of nitrogens with zero attached hydrogens (tertiary/aromatic N) is 2. The van der Waals surface area contributed by atoms with Gasteiger partial charge >= 0.3 is 5.69 Å². The molecule has 1 heterocycles. The second-order valence-electron chi connectivity index (χ2n) is 3.91. The molecule has 0 spiro atoms. The fourth-order valence-corrected chi connectivity index (χ4v) is 1.61. The van der Waals surface area contributed by atoms with E-state index in [1.54, 1.807) is 12.3 Å². The van der Waals surface area contributed by atoms with E-state index in [0.29, 0.717) is 5.75 Å². The number of benzene rings is 1. The van der Waals surface area contributed by atoms with Crippen LogP contribution in [0.25, 0.3) is 0 Å². The average molecular weight is 277 g/mol. The van der Waals surface area contributed by atoms with Crippen molar-refractivity contribution in [1.29, 1.82) is 0 Å². The molecular formula is C13H12FN3O3. The molecule has 0 fully saturated rings. The summed E-state index contributed by atoms with van der Waals surface area (Å²) in [7, 11) is 0. The Morgan fingerprint density at radius 2 is 2.15 bits per heavy atom. The summed E-state index contributed by atoms with van der Waals surface area (Å²) in [6.07, 6.45) is 3.10. The average Bonchev–Trinajstić information content (AvgIpc) is 2.39. The smallest absolute Gasteiger partial charge is 0.305 e. The Morgan fingerprint density at radius 3 is 2.80 bits per heavy atom. The summed E-state index contributed by atoms with van der Waals surface area (Å²) in [5, 5.41) is 13.6. The zero-order chi connectivity index (χ0) is 14.5. The molecule has 0 unspecified atom stereocenters. The molecule has 2 aromatic rings. The van der Waals surface area contributed by atoms with Gasteiger partial charge in [0, 0.05) is 24.7 Å². The van der Waals surface area contributed by atoms with Gasteiger partial charge in [-0.05, 0) is 13.0 Å². The van der Waals surface area contributed by atoms with E-state index in [1.807, 2.05) is 6.92 Å². The van der Waals surface area contributed by atoms with Gasteiger partial charge in [0.1, 0.15) is 11.5 Å². The van der Waals surface area contributed by atoms with Crippen molar-refractivity contribution in [1.82, 2.24) is 4.98 Å². The van der Waals surface area contributed by atoms with Crippen LogP contribution in [0, 0.1) is 15.9 Å². The maximum atomic E-state index is 13.5. The molecule has 104 valence electrons. The molecule has 0 aliphatic rings. The Morgan fingerprint density at radius 1 is 1.35 bits per heavy atom. The zero-order valence-electron chi connectivity index (χ0n) is 10.7. The van der Waals surface area contributed by atoms with Crippen LogP contribution in [0.3, 0.4) is 0 Å². The van der Waals surface area contributed by atoms with Crippen LogP contribution in [0.1, 0.15) is 6.92 Å². The molecule has 7 heteroatoms. The number of halogens is 1. The SMILES string of the molecule is CCNc1cncc(Oc2ccc([N+](=O)[O-])c(F)c2)c1. The Labute approximate surface area is 114 Å². The Balaban J connectivity index is 2.19. The molecule has 1 aromatic carbocycles. The van der Waals surface area contributed by atoms with Crippen molar-refractivity contribution >= 4 is 11.4 Å². The second-order valence-corrected chi connectivity index (χ2v) is 3.91. The molecule has 0 aliphatic heterocycles. The predicted molar refractivity (Wildman–Crippen MR) is 71.5 cm³/mol. The molecule has 2 rings (SSSR count). The highest BCUT2D eigenvalue weighted by Gasteiger charge is 2.14. The molecule has 0 amide bonds. The van der Waals surface area contributed by atoms with Gasteiger partial charge in [0.2, 0.25) is 5.82 Å². The summed E-state index contributed by atoms with van der Waals surface area (Å²) in [4.78, 5) is 13.7. The standard InChI is InChI=1S/C13H12FN3O3/c1-2-16-9-5-11(8-15-7-9)20-10-3-4-13(17(18)19)12(14)6-10/h3-8,16H,2H2,1H3. The van der Waals surface area contributed by atoms with E-state index in [4.69, 9.17) is 4.74 Å². The number of hydrogen-bond donors (Lipinski definition) is 1. The molecule has 0 radical (unpaired) electrons. The van der Waals surface area contributed by atoms with Crippen LogP contribution < -0.4 is 10.1 Å². The quantitative estimate of drug-likeness (QED) is 0.669. The van der Waals surface area contributed by atoms with Gasteiger partial charge < -0.3 is 10.1 Å². The molecule has 0 saturated carbocycles. The predicted octanol–water partition coefficient (Wildman–Crippen LogP) is 3.35. The van der Waals surface area contributed by atoms with Crippen molar-refractivity contribution in [2.45, 2.75) is 6.92 Å². The van der Waals surface area contributed by atoms with Crippen molar-refractivity contribution in [2.75, 3.05) is 11.9 Å². The minimum Gasteiger partial charge on any atom is -0.456 e. The third-order valence-electron chi connectivity index (χ3n) is 2.45. The topological polar surface area (TPSA) is 77.3 Å². The van der Waals surface area contributed by atoms with Gasteiger partial charge in [-0.2, -0.15) is 4.39 Å². The summed E-state index contributed by atoms with van der Waals surface area (Å²) >= 11 is 0. The van der Waals surface area contributed by atoms with Crippen LogP contribution >= 0.6 is 0 Å². The molecule has 1 N–H and O–H groups in total. The van der Waals surface area contributed by atoms with Gasteiger partial charge in [0.25, 0.3) is 0 Å². The van der Waals surface area contributed by atoms with Gasteiger partial charge in [0.05, 0.1) is 23.0 Å². The molecule has 0 saturated heterocycles. The molecule has 20 heavy (non-hydrogen) atoms. The van der Waals surface area contributed by atoms with E-state index in [2.05, 4.69) is 10.3 Å². The summed E-state index contributed by atoms with van der Waals surface area (Å²) in [6.45, 7) is 2.68. The molecule has 0 aliphatic carbocycles. The number of rotatable bonds is 5. The van der Waals surface area contributed by atoms with Gasteiger partial charge in [-0.1, -0.05) is 0 Å². The van der Waals surface area contributed by atoms with Gasteiger partial charge in [0.15, 0.2) is 0 Å². The van der Waals surface area contributed by atoms with Crippen molar-refractivity contribution < 1.29 is 14.1 Å². The number of anilines is 1. The minimum absolute atomic E-state index is 0.170. The maximum absolute atomic E-state index is 13.5. The highest BCUT2D eigenvalue weighted by atomic mass is 19.1. The largest absolute Gasteiger partial charge is 0.456 e. The summed E-state index contributed by atoms with van der Waals surface area (Å²) in [6, 6.07) is 5.07. The van der Waals surface area contributed by atoms with Crippen molar-refractivity contribution in [3.63, 3.8) is 0 Å². The first-order valence-corrected chi connectivity index (χ1v) is 5.91. The number of nitrogens with one attached hydrogen (secondary N) is 1. The summed E-state index contributed by atoms with van der Waals surface area (Å²) in [5.74, 6) is -0.358. The molecule has 6 nitrogen and oxygen atoms in total. The normalized spacial score (nSPS) is 10.1. The fourth-order valence-electron chi connectivity index (χ4n) is 1.61. The van der Waals surface area contributed by atoms with Crippen LogP contribution in [0.15, 0.2) is 36.7 Å². The van der Waals surface area contributed by atoms with E-state index in [-0.39, 0.29) is 5.75 Å². The molecule has 0 atom stereocenters. The monoisotopic (exact) mass is 277 g/mol. The van der Waals surface area contributed by atoms with Crippen LogP contribution in [-0.2, 0) is 0 Å². The Bertz CT molecular complexity index is 634. The van der Waals surface area contributed by atoms with E-state index in [0.717, 1.165) is 24.4 Å². The van der Waals surface area contributed by atoms with E-state index < -0.39 is 16.4 Å².